The first-order valence-corrected chi connectivity index (χ1v) is 7.43. The van der Waals surface area contributed by atoms with Gasteiger partial charge in [0.2, 0.25) is 0 Å². The molecule has 94 valence electrons. The number of amides is 1. The topological polar surface area (TPSA) is 20.3 Å². The highest BCUT2D eigenvalue weighted by molar-refractivity contribution is 9.11. The molecule has 0 N–H and O–H groups in total. The Morgan fingerprint density at radius 3 is 2.53 bits per heavy atom. The van der Waals surface area contributed by atoms with Gasteiger partial charge < -0.3 is 4.90 Å². The molecule has 4 heteroatoms. The van der Waals surface area contributed by atoms with Crippen molar-refractivity contribution >= 4 is 37.8 Å². The number of carbonyl (C=O) groups is 1. The number of nitrogens with zero attached hydrogens (tertiary/aromatic N) is 1. The largest absolute Gasteiger partial charge is 0.339 e. The molecule has 0 fully saturated rings. The normalized spacial score (nSPS) is 10.4. The lowest BCUT2D eigenvalue weighted by Crippen LogP contribution is -2.31. The van der Waals surface area contributed by atoms with Crippen molar-refractivity contribution < 1.29 is 4.79 Å². The summed E-state index contributed by atoms with van der Waals surface area (Å²) in [5, 5.41) is 0. The van der Waals surface area contributed by atoms with E-state index in [1.165, 1.54) is 0 Å². The zero-order valence-corrected chi connectivity index (χ0v) is 13.3. The quantitative estimate of drug-likeness (QED) is 0.756. The Morgan fingerprint density at radius 2 is 2.00 bits per heavy atom. The van der Waals surface area contributed by atoms with E-state index in [0.29, 0.717) is 0 Å². The van der Waals surface area contributed by atoms with Crippen molar-refractivity contribution in [2.75, 3.05) is 13.1 Å². The summed E-state index contributed by atoms with van der Waals surface area (Å²) in [6.07, 6.45) is 2.15. The van der Waals surface area contributed by atoms with Crippen LogP contribution in [0.25, 0.3) is 0 Å². The Kier molecular flexibility index (Phi) is 6.20. The number of hydrogen-bond acceptors (Lipinski definition) is 1. The van der Waals surface area contributed by atoms with Crippen molar-refractivity contribution in [3.05, 3.63) is 32.7 Å². The van der Waals surface area contributed by atoms with Gasteiger partial charge in [0.05, 0.1) is 5.56 Å². The third-order valence-electron chi connectivity index (χ3n) is 2.61. The van der Waals surface area contributed by atoms with Crippen molar-refractivity contribution in [2.24, 2.45) is 0 Å². The molecular formula is C13H17Br2NO. The van der Waals surface area contributed by atoms with Crippen LogP contribution in [-0.4, -0.2) is 23.9 Å². The van der Waals surface area contributed by atoms with E-state index in [0.717, 1.165) is 40.4 Å². The van der Waals surface area contributed by atoms with Crippen LogP contribution in [0.3, 0.4) is 0 Å². The highest BCUT2D eigenvalue weighted by atomic mass is 79.9. The van der Waals surface area contributed by atoms with E-state index in [9.17, 15) is 4.79 Å². The highest BCUT2D eigenvalue weighted by Gasteiger charge is 2.16. The molecule has 1 aromatic rings. The van der Waals surface area contributed by atoms with Crippen LogP contribution < -0.4 is 0 Å². The van der Waals surface area contributed by atoms with Crippen molar-refractivity contribution in [3.63, 3.8) is 0 Å². The maximum absolute atomic E-state index is 12.3. The molecule has 0 aliphatic heterocycles. The van der Waals surface area contributed by atoms with E-state index in [1.807, 2.05) is 30.0 Å². The SMILES string of the molecule is CCCCN(CC)C(=O)c1ccc(Br)cc1Br. The van der Waals surface area contributed by atoms with Gasteiger partial charge in [-0.05, 0) is 47.5 Å². The van der Waals surface area contributed by atoms with Gasteiger partial charge in [-0.1, -0.05) is 29.3 Å². The first kappa shape index (κ1) is 14.7. The van der Waals surface area contributed by atoms with Crippen LogP contribution in [0.4, 0.5) is 0 Å². The lowest BCUT2D eigenvalue weighted by Gasteiger charge is -2.21. The van der Waals surface area contributed by atoms with Crippen molar-refractivity contribution in [1.82, 2.24) is 4.90 Å². The Balaban J connectivity index is 2.86. The van der Waals surface area contributed by atoms with E-state index >= 15 is 0 Å². The molecule has 1 amide bonds. The minimum absolute atomic E-state index is 0.0975. The molecule has 0 spiro atoms. The third kappa shape index (κ3) is 4.11. The van der Waals surface area contributed by atoms with Gasteiger partial charge in [0.1, 0.15) is 0 Å². The minimum Gasteiger partial charge on any atom is -0.339 e. The van der Waals surface area contributed by atoms with Crippen LogP contribution in [0.1, 0.15) is 37.0 Å². The van der Waals surface area contributed by atoms with Gasteiger partial charge in [-0.15, -0.1) is 0 Å². The monoisotopic (exact) mass is 361 g/mol. The molecule has 0 saturated heterocycles. The number of hydrogen-bond donors (Lipinski definition) is 0. The molecule has 0 unspecified atom stereocenters. The fraction of sp³-hybridized carbons (Fsp3) is 0.462. The minimum atomic E-state index is 0.0975. The van der Waals surface area contributed by atoms with Gasteiger partial charge in [0.25, 0.3) is 5.91 Å². The number of unbranched alkanes of at least 4 members (excludes halogenated alkanes) is 1. The molecular weight excluding hydrogens is 346 g/mol. The average molecular weight is 363 g/mol. The second-order valence-electron chi connectivity index (χ2n) is 3.86. The molecule has 0 aliphatic rings. The average Bonchev–Trinajstić information content (AvgIpc) is 2.29. The van der Waals surface area contributed by atoms with Crippen LogP contribution in [-0.2, 0) is 0 Å². The molecule has 0 bridgehead atoms. The summed E-state index contributed by atoms with van der Waals surface area (Å²) in [6.45, 7) is 5.73. The zero-order chi connectivity index (χ0) is 12.8. The van der Waals surface area contributed by atoms with Gasteiger partial charge in [-0.25, -0.2) is 0 Å². The number of benzene rings is 1. The second kappa shape index (κ2) is 7.17. The second-order valence-corrected chi connectivity index (χ2v) is 5.63. The predicted molar refractivity (Wildman–Crippen MR) is 78.3 cm³/mol. The van der Waals surface area contributed by atoms with Crippen LogP contribution >= 0.6 is 31.9 Å². The Hall–Kier alpha value is -0.350. The standard InChI is InChI=1S/C13H17Br2NO/c1-3-5-8-16(4-2)13(17)11-7-6-10(14)9-12(11)15/h6-7,9H,3-5,8H2,1-2H3. The first-order valence-electron chi connectivity index (χ1n) is 5.84. The maximum atomic E-state index is 12.3. The van der Waals surface area contributed by atoms with Crippen molar-refractivity contribution in [1.29, 1.82) is 0 Å². The Morgan fingerprint density at radius 1 is 1.29 bits per heavy atom. The molecule has 0 heterocycles. The summed E-state index contributed by atoms with van der Waals surface area (Å²) >= 11 is 6.82. The summed E-state index contributed by atoms with van der Waals surface area (Å²) in [5.74, 6) is 0.0975. The van der Waals surface area contributed by atoms with Crippen molar-refractivity contribution in [2.45, 2.75) is 26.7 Å². The predicted octanol–water partition coefficient (Wildman–Crippen LogP) is 4.47. The molecule has 1 rings (SSSR count). The highest BCUT2D eigenvalue weighted by Crippen LogP contribution is 2.23. The lowest BCUT2D eigenvalue weighted by atomic mass is 10.2. The molecule has 0 radical (unpaired) electrons. The van der Waals surface area contributed by atoms with Crippen LogP contribution in [0, 0.1) is 0 Å². The number of halogens is 2. The summed E-state index contributed by atoms with van der Waals surface area (Å²) in [6, 6.07) is 5.65. The van der Waals surface area contributed by atoms with E-state index < -0.39 is 0 Å². The fourth-order valence-corrected chi connectivity index (χ4v) is 2.80. The molecule has 17 heavy (non-hydrogen) atoms. The molecule has 0 atom stereocenters. The molecule has 0 aromatic heterocycles. The maximum Gasteiger partial charge on any atom is 0.254 e. The van der Waals surface area contributed by atoms with Gasteiger partial charge in [0, 0.05) is 22.0 Å². The number of carbonyl (C=O) groups excluding carboxylic acids is 1. The van der Waals surface area contributed by atoms with Crippen molar-refractivity contribution in [3.8, 4) is 0 Å². The summed E-state index contributed by atoms with van der Waals surface area (Å²) in [4.78, 5) is 14.2. The van der Waals surface area contributed by atoms with Gasteiger partial charge >= 0.3 is 0 Å². The Labute approximate surface area is 120 Å². The van der Waals surface area contributed by atoms with Crippen LogP contribution in [0.5, 0.6) is 0 Å². The van der Waals surface area contributed by atoms with E-state index in [1.54, 1.807) is 0 Å². The molecule has 2 nitrogen and oxygen atoms in total. The van der Waals surface area contributed by atoms with E-state index in [2.05, 4.69) is 38.8 Å². The number of rotatable bonds is 5. The lowest BCUT2D eigenvalue weighted by molar-refractivity contribution is 0.0761. The van der Waals surface area contributed by atoms with Gasteiger partial charge in [-0.2, -0.15) is 0 Å². The third-order valence-corrected chi connectivity index (χ3v) is 3.76. The van der Waals surface area contributed by atoms with Crippen LogP contribution in [0.2, 0.25) is 0 Å². The van der Waals surface area contributed by atoms with Crippen LogP contribution in [0.15, 0.2) is 27.1 Å². The molecule has 0 saturated carbocycles. The Bertz CT molecular complexity index is 393. The zero-order valence-electron chi connectivity index (χ0n) is 10.2. The molecule has 1 aromatic carbocycles. The first-order chi connectivity index (χ1) is 8.10. The summed E-state index contributed by atoms with van der Waals surface area (Å²) in [5.41, 5.74) is 0.728. The molecule has 0 aliphatic carbocycles. The summed E-state index contributed by atoms with van der Waals surface area (Å²) < 4.78 is 1.81. The van der Waals surface area contributed by atoms with Gasteiger partial charge in [0.15, 0.2) is 0 Å². The van der Waals surface area contributed by atoms with E-state index in [4.69, 9.17) is 0 Å². The summed E-state index contributed by atoms with van der Waals surface area (Å²) in [7, 11) is 0. The van der Waals surface area contributed by atoms with Gasteiger partial charge in [-0.3, -0.25) is 4.79 Å². The van der Waals surface area contributed by atoms with E-state index in [-0.39, 0.29) is 5.91 Å². The fourth-order valence-electron chi connectivity index (χ4n) is 1.59. The smallest absolute Gasteiger partial charge is 0.254 e.